The lowest BCUT2D eigenvalue weighted by Crippen LogP contribution is -2.63. The number of allylic oxidation sites excluding steroid dienone is 1. The summed E-state index contributed by atoms with van der Waals surface area (Å²) in [7, 11) is 0. The average Bonchev–Trinajstić information content (AvgIpc) is 1.75. The van der Waals surface area contributed by atoms with Crippen LogP contribution in [0.1, 0.15) is 128 Å². The number of carbonyl (C=O) groups is 4. The minimum Gasteiger partial charge on any atom is -0.493 e. The number of rotatable bonds is 16. The molecule has 4 aromatic carbocycles. The van der Waals surface area contributed by atoms with Gasteiger partial charge in [-0.3, -0.25) is 34.0 Å². The van der Waals surface area contributed by atoms with Crippen molar-refractivity contribution in [2.24, 2.45) is 16.3 Å². The third-order valence-corrected chi connectivity index (χ3v) is 19.2. The molecule has 82 heavy (non-hydrogen) atoms. The van der Waals surface area contributed by atoms with E-state index >= 15 is 0 Å². The first-order valence-corrected chi connectivity index (χ1v) is 30.8. The van der Waals surface area contributed by atoms with Crippen molar-refractivity contribution < 1.29 is 29.0 Å². The zero-order valence-electron chi connectivity index (χ0n) is 49.4. The average molecular weight is 1180 g/mol. The Morgan fingerprint density at radius 3 is 2.04 bits per heavy atom. The second kappa shape index (κ2) is 24.9. The second-order valence-corrected chi connectivity index (χ2v) is 26.9. The van der Waals surface area contributed by atoms with Crippen LogP contribution in [-0.2, 0) is 42.2 Å². The first kappa shape index (κ1) is 61.0. The van der Waals surface area contributed by atoms with Crippen LogP contribution < -0.4 is 20.7 Å². The minimum absolute atomic E-state index is 0.00963. The fourth-order valence-electron chi connectivity index (χ4n) is 12.3. The number of hydrogen-bond donors (Lipinski definition) is 4. The van der Waals surface area contributed by atoms with Crippen molar-refractivity contribution in [3.05, 3.63) is 140 Å². The molecule has 1 unspecified atom stereocenters. The van der Waals surface area contributed by atoms with E-state index in [0.29, 0.717) is 106 Å². The molecule has 0 saturated carbocycles. The van der Waals surface area contributed by atoms with Gasteiger partial charge in [-0.2, -0.15) is 0 Å². The molecular formula is C64H83Cl2N9O6S. The highest BCUT2D eigenvalue weighted by molar-refractivity contribution is 8.08. The maximum atomic E-state index is 14.4. The van der Waals surface area contributed by atoms with E-state index in [1.165, 1.54) is 4.91 Å². The first-order chi connectivity index (χ1) is 38.9. The van der Waals surface area contributed by atoms with E-state index in [4.69, 9.17) is 32.9 Å². The minimum atomic E-state index is -1.15. The summed E-state index contributed by atoms with van der Waals surface area (Å²) in [6.45, 7) is 24.9. The summed E-state index contributed by atoms with van der Waals surface area (Å²) >= 11 is 14.8. The molecule has 5 aliphatic rings. The Labute approximate surface area is 499 Å². The van der Waals surface area contributed by atoms with Crippen molar-refractivity contribution in [2.75, 3.05) is 64.8 Å². The van der Waals surface area contributed by atoms with E-state index in [9.17, 15) is 24.3 Å². The van der Waals surface area contributed by atoms with Crippen LogP contribution in [0.25, 0.3) is 4.91 Å². The van der Waals surface area contributed by atoms with Gasteiger partial charge in [0.2, 0.25) is 23.6 Å². The van der Waals surface area contributed by atoms with Gasteiger partial charge in [-0.1, -0.05) is 119 Å². The molecule has 440 valence electrons. The van der Waals surface area contributed by atoms with Gasteiger partial charge in [0.25, 0.3) is 0 Å². The number of amides is 4. The Morgan fingerprint density at radius 2 is 1.45 bits per heavy atom. The zero-order chi connectivity index (χ0) is 58.9. The number of benzene rings is 4. The van der Waals surface area contributed by atoms with Gasteiger partial charge in [0.1, 0.15) is 29.2 Å². The fourth-order valence-corrected chi connectivity index (χ4v) is 13.6. The van der Waals surface area contributed by atoms with Gasteiger partial charge >= 0.3 is 0 Å². The van der Waals surface area contributed by atoms with E-state index in [0.717, 1.165) is 45.0 Å². The van der Waals surface area contributed by atoms with Crippen LogP contribution >= 0.6 is 35.0 Å². The summed E-state index contributed by atoms with van der Waals surface area (Å²) in [5, 5.41) is 23.8. The molecule has 0 radical (unpaired) electrons. The number of halogens is 2. The summed E-state index contributed by atoms with van der Waals surface area (Å²) in [6, 6.07) is 28.5. The van der Waals surface area contributed by atoms with Gasteiger partial charge in [0, 0.05) is 78.9 Å². The van der Waals surface area contributed by atoms with Gasteiger partial charge in [-0.05, 0) is 128 Å². The number of piperidine rings is 1. The molecular weight excluding hydrogens is 1090 g/mol. The van der Waals surface area contributed by atoms with E-state index in [1.54, 1.807) is 16.7 Å². The molecule has 3 fully saturated rings. The molecule has 3 saturated heterocycles. The summed E-state index contributed by atoms with van der Waals surface area (Å²) < 4.78 is 6.42. The predicted octanol–water partition coefficient (Wildman–Crippen LogP) is 9.54. The topological polar surface area (TPSA) is 162 Å². The van der Waals surface area contributed by atoms with Gasteiger partial charge in [-0.15, -0.1) is 11.8 Å². The highest BCUT2D eigenvalue weighted by atomic mass is 35.5. The van der Waals surface area contributed by atoms with Crippen LogP contribution in [0.4, 0.5) is 0 Å². The molecule has 4 amide bonds. The molecule has 0 aliphatic carbocycles. The molecule has 0 aromatic heterocycles. The number of amidine groups is 1. The monoisotopic (exact) mass is 1180 g/mol. The van der Waals surface area contributed by atoms with Crippen molar-refractivity contribution in [3.8, 4) is 5.75 Å². The van der Waals surface area contributed by atoms with E-state index in [2.05, 4.69) is 97.6 Å². The van der Waals surface area contributed by atoms with Crippen molar-refractivity contribution >= 4 is 69.3 Å². The number of likely N-dealkylation sites (tertiary alicyclic amines) is 2. The standard InChI is InChI=1S/C64H83Cl2N9O6S/c1-11-81-52-37-47(61(3,4)5)22-27-50(52)56-70-63(9,45-18-23-48(65)24-19-45)64(10,46-20-25-49(66)26-21-46)75(56)60(80)73-35-33-71(34-36-73)39-53(76)72-31-28-44(29-32-72)57(77)69-55(62(6,7)8)59(79)74-30-12-13-51(74)58(78)67-38-42-14-16-43(17-15-42)54-41(2)68-40-82-54/h14-27,37,44,51,55,60,68,80H,11-13,28-36,38-40H2,1-10H3,(H,67,78)(H,69,77)/t51-,55+,60?,63+,64-/m0/s1. The Morgan fingerprint density at radius 1 is 0.817 bits per heavy atom. The van der Waals surface area contributed by atoms with Crippen molar-refractivity contribution in [1.82, 2.24) is 40.4 Å². The maximum absolute atomic E-state index is 14.4. The second-order valence-electron chi connectivity index (χ2n) is 25.0. The number of aliphatic hydroxyl groups is 1. The quantitative estimate of drug-likeness (QED) is 0.0846. The van der Waals surface area contributed by atoms with Crippen LogP contribution in [-0.4, -0.2) is 142 Å². The number of carbonyl (C=O) groups excluding carboxylic acids is 4. The van der Waals surface area contributed by atoms with E-state index in [1.807, 2.05) is 98.2 Å². The molecule has 4 N–H and O–H groups in total. The van der Waals surface area contributed by atoms with Gasteiger partial charge in [0.05, 0.1) is 30.1 Å². The number of hydrogen-bond acceptors (Lipinski definition) is 12. The first-order valence-electron chi connectivity index (χ1n) is 29.1. The smallest absolute Gasteiger partial charge is 0.246 e. The van der Waals surface area contributed by atoms with Crippen molar-refractivity contribution in [2.45, 2.75) is 136 Å². The highest BCUT2D eigenvalue weighted by Gasteiger charge is 2.60. The zero-order valence-corrected chi connectivity index (χ0v) is 51.7. The van der Waals surface area contributed by atoms with Gasteiger partial charge in [0.15, 0.2) is 6.35 Å². The summed E-state index contributed by atoms with van der Waals surface area (Å²) in [5.74, 6) is 1.08. The number of ether oxygens (including phenoxy) is 1. The normalized spacial score (nSPS) is 22.9. The van der Waals surface area contributed by atoms with Gasteiger partial charge < -0.3 is 40.5 Å². The van der Waals surface area contributed by atoms with Crippen LogP contribution in [0.3, 0.4) is 0 Å². The Hall–Kier alpha value is -5.62. The number of nitrogens with zero attached hydrogens (tertiary/aromatic N) is 6. The lowest BCUT2D eigenvalue weighted by atomic mass is 9.71. The SMILES string of the molecule is CCOc1cc(C(C)(C)C)ccc1C1=N[C@](C)(c2ccc(Cl)cc2)[C@](C)(c2ccc(Cl)cc2)N1C(O)N1CCN(CC(=O)N2CCC(C(=O)N[C@H](C(=O)N3CCC[C@H]3C(=O)NCc3ccc(C4=C(C)NCS4)cc3)C(C)(C)C)CC2)CC1. The highest BCUT2D eigenvalue weighted by Crippen LogP contribution is 2.55. The Bertz CT molecular complexity index is 3040. The molecule has 0 spiro atoms. The largest absolute Gasteiger partial charge is 0.493 e. The lowest BCUT2D eigenvalue weighted by Gasteiger charge is -2.51. The van der Waals surface area contributed by atoms with Crippen LogP contribution in [0.15, 0.2) is 102 Å². The maximum Gasteiger partial charge on any atom is 0.246 e. The third kappa shape index (κ3) is 12.7. The third-order valence-electron chi connectivity index (χ3n) is 17.5. The number of nitrogens with one attached hydrogen (secondary N) is 3. The number of piperazine rings is 1. The fraction of sp³-hybridized carbons (Fsp3) is 0.516. The van der Waals surface area contributed by atoms with Gasteiger partial charge in [-0.25, -0.2) is 0 Å². The summed E-state index contributed by atoms with van der Waals surface area (Å²) in [5.41, 5.74) is 4.25. The molecule has 0 bridgehead atoms. The summed E-state index contributed by atoms with van der Waals surface area (Å²) in [6.07, 6.45) is 1.03. The molecule has 5 heterocycles. The number of aliphatic hydroxyl groups excluding tert-OH is 1. The van der Waals surface area contributed by atoms with E-state index < -0.39 is 34.9 Å². The lowest BCUT2D eigenvalue weighted by molar-refractivity contribution is -0.145. The van der Waals surface area contributed by atoms with Crippen LogP contribution in [0, 0.1) is 11.3 Å². The predicted molar refractivity (Wildman–Crippen MR) is 328 cm³/mol. The number of thioether (sulfide) groups is 1. The number of aliphatic imine (C=N–C) groups is 1. The molecule has 5 aliphatic heterocycles. The Balaban J connectivity index is 0.827. The molecule has 4 aromatic rings. The summed E-state index contributed by atoms with van der Waals surface area (Å²) in [4.78, 5) is 72.8. The molecule has 9 rings (SSSR count). The molecule has 5 atom stereocenters. The van der Waals surface area contributed by atoms with Crippen LogP contribution in [0.2, 0.25) is 10.0 Å². The van der Waals surface area contributed by atoms with E-state index in [-0.39, 0.29) is 41.5 Å². The van der Waals surface area contributed by atoms with Crippen LogP contribution in [0.5, 0.6) is 5.75 Å². The van der Waals surface area contributed by atoms with Crippen molar-refractivity contribution in [1.29, 1.82) is 0 Å². The molecule has 15 nitrogen and oxygen atoms in total. The Kier molecular flexibility index (Phi) is 18.5. The van der Waals surface area contributed by atoms with Crippen molar-refractivity contribution in [3.63, 3.8) is 0 Å². The molecule has 18 heteroatoms.